The van der Waals surface area contributed by atoms with Crippen molar-refractivity contribution in [1.29, 1.82) is 0 Å². The Morgan fingerprint density at radius 1 is 0.806 bits per heavy atom. The molecular formula is C25H17NO5. The van der Waals surface area contributed by atoms with Gasteiger partial charge in [-0.15, -0.1) is 0 Å². The number of aromatic nitrogens is 1. The number of carboxylic acids is 2. The third kappa shape index (κ3) is 3.05. The van der Waals surface area contributed by atoms with Gasteiger partial charge in [-0.25, -0.2) is 9.59 Å². The molecule has 0 spiro atoms. The van der Waals surface area contributed by atoms with Crippen LogP contribution in [0.5, 0.6) is 5.75 Å². The first-order chi connectivity index (χ1) is 15.0. The van der Waals surface area contributed by atoms with Gasteiger partial charge in [-0.3, -0.25) is 0 Å². The summed E-state index contributed by atoms with van der Waals surface area (Å²) in [6, 6.07) is 24.2. The highest BCUT2D eigenvalue weighted by molar-refractivity contribution is 6.16. The number of nitrogens with zero attached hydrogens (tertiary/aromatic N) is 1. The Balaban J connectivity index is 1.58. The molecule has 0 aliphatic heterocycles. The van der Waals surface area contributed by atoms with Crippen LogP contribution in [-0.2, 0) is 6.61 Å². The van der Waals surface area contributed by atoms with Crippen molar-refractivity contribution in [1.82, 2.24) is 4.40 Å². The summed E-state index contributed by atoms with van der Waals surface area (Å²) in [5.41, 5.74) is 3.59. The van der Waals surface area contributed by atoms with Crippen LogP contribution in [0.4, 0.5) is 0 Å². The summed E-state index contributed by atoms with van der Waals surface area (Å²) in [6.07, 6.45) is 0. The Morgan fingerprint density at radius 3 is 2.19 bits per heavy atom. The van der Waals surface area contributed by atoms with Gasteiger partial charge in [0.1, 0.15) is 23.5 Å². The Kier molecular flexibility index (Phi) is 4.33. The number of aromatic carboxylic acids is 2. The number of carbonyl (C=O) groups is 2. The molecule has 0 atom stereocenters. The minimum absolute atomic E-state index is 0.197. The van der Waals surface area contributed by atoms with Gasteiger partial charge in [0.2, 0.25) is 0 Å². The summed E-state index contributed by atoms with van der Waals surface area (Å²) in [5, 5.41) is 19.5. The summed E-state index contributed by atoms with van der Waals surface area (Å²) in [7, 11) is 0. The number of benzene rings is 2. The van der Waals surface area contributed by atoms with Gasteiger partial charge < -0.3 is 19.4 Å². The van der Waals surface area contributed by atoms with E-state index in [9.17, 15) is 19.8 Å². The molecule has 2 N–H and O–H groups in total. The van der Waals surface area contributed by atoms with E-state index in [1.165, 1.54) is 0 Å². The van der Waals surface area contributed by atoms with Gasteiger partial charge in [-0.1, -0.05) is 48.5 Å². The molecule has 0 aliphatic rings. The van der Waals surface area contributed by atoms with Crippen LogP contribution in [0.2, 0.25) is 0 Å². The molecule has 0 amide bonds. The first kappa shape index (κ1) is 18.7. The van der Waals surface area contributed by atoms with Crippen molar-refractivity contribution in [3.05, 3.63) is 95.6 Å². The highest BCUT2D eigenvalue weighted by Crippen LogP contribution is 2.38. The fourth-order valence-corrected chi connectivity index (χ4v) is 4.03. The van der Waals surface area contributed by atoms with Crippen molar-refractivity contribution in [2.45, 2.75) is 6.61 Å². The second-order valence-electron chi connectivity index (χ2n) is 7.24. The second-order valence-corrected chi connectivity index (χ2v) is 7.24. The number of hydrogen-bond acceptors (Lipinski definition) is 3. The molecular weight excluding hydrogens is 394 g/mol. The molecule has 5 aromatic rings. The smallest absolute Gasteiger partial charge is 0.338 e. The monoisotopic (exact) mass is 411 g/mol. The average Bonchev–Trinajstić information content (AvgIpc) is 3.33. The highest BCUT2D eigenvalue weighted by atomic mass is 16.5. The van der Waals surface area contributed by atoms with Crippen LogP contribution in [0.15, 0.2) is 78.9 Å². The molecule has 0 aliphatic carbocycles. The van der Waals surface area contributed by atoms with E-state index in [1.807, 2.05) is 66.7 Å². The van der Waals surface area contributed by atoms with Crippen molar-refractivity contribution in [2.75, 3.05) is 0 Å². The van der Waals surface area contributed by atoms with Crippen LogP contribution >= 0.6 is 0 Å². The molecule has 0 unspecified atom stereocenters. The summed E-state index contributed by atoms with van der Waals surface area (Å²) in [5.74, 6) is -1.84. The van der Waals surface area contributed by atoms with E-state index in [0.717, 1.165) is 16.6 Å². The van der Waals surface area contributed by atoms with Gasteiger partial charge in [0.05, 0.1) is 11.0 Å². The summed E-state index contributed by atoms with van der Waals surface area (Å²) < 4.78 is 7.53. The molecule has 6 nitrogen and oxygen atoms in total. The zero-order chi connectivity index (χ0) is 21.5. The molecule has 6 heteroatoms. The lowest BCUT2D eigenvalue weighted by molar-refractivity contribution is 0.0655. The predicted molar refractivity (Wildman–Crippen MR) is 116 cm³/mol. The maximum Gasteiger partial charge on any atom is 0.338 e. The number of pyridine rings is 1. The highest BCUT2D eigenvalue weighted by Gasteiger charge is 2.29. The van der Waals surface area contributed by atoms with Crippen molar-refractivity contribution < 1.29 is 24.5 Å². The maximum absolute atomic E-state index is 12.0. The Labute approximate surface area is 176 Å². The summed E-state index contributed by atoms with van der Waals surface area (Å²) >= 11 is 0. The molecule has 0 saturated carbocycles. The number of ether oxygens (including phenoxy) is 1. The fraction of sp³-hybridized carbons (Fsp3) is 0.0400. The van der Waals surface area contributed by atoms with E-state index in [-0.39, 0.29) is 11.1 Å². The quantitative estimate of drug-likeness (QED) is 0.402. The number of hydrogen-bond donors (Lipinski definition) is 2. The van der Waals surface area contributed by atoms with Crippen molar-refractivity contribution in [3.63, 3.8) is 0 Å². The van der Waals surface area contributed by atoms with E-state index < -0.39 is 11.9 Å². The van der Waals surface area contributed by atoms with E-state index in [2.05, 4.69) is 0 Å². The molecule has 31 heavy (non-hydrogen) atoms. The van der Waals surface area contributed by atoms with Crippen LogP contribution in [0.25, 0.3) is 27.7 Å². The first-order valence-electron chi connectivity index (χ1n) is 9.68. The maximum atomic E-state index is 12.0. The van der Waals surface area contributed by atoms with E-state index in [4.69, 9.17) is 4.74 Å². The van der Waals surface area contributed by atoms with Crippen molar-refractivity contribution >= 4 is 28.5 Å². The molecule has 5 rings (SSSR count). The SMILES string of the molecule is O=C(O)c1c(C(=O)O)c2c(-c3ccc(OCc4ccccc4)cc3)cc3cccc1n32. The van der Waals surface area contributed by atoms with Gasteiger partial charge in [0, 0.05) is 11.1 Å². The number of carboxylic acid groups (broad SMARTS) is 2. The molecule has 3 aromatic heterocycles. The minimum Gasteiger partial charge on any atom is -0.489 e. The Morgan fingerprint density at radius 2 is 1.52 bits per heavy atom. The van der Waals surface area contributed by atoms with Crippen LogP contribution in [0.3, 0.4) is 0 Å². The van der Waals surface area contributed by atoms with Crippen LogP contribution in [0.1, 0.15) is 26.3 Å². The van der Waals surface area contributed by atoms with Gasteiger partial charge in [-0.2, -0.15) is 0 Å². The summed E-state index contributed by atoms with van der Waals surface area (Å²) in [6.45, 7) is 0.443. The molecule has 0 bridgehead atoms. The average molecular weight is 411 g/mol. The van der Waals surface area contributed by atoms with E-state index in [1.54, 1.807) is 16.5 Å². The van der Waals surface area contributed by atoms with E-state index in [0.29, 0.717) is 29.0 Å². The van der Waals surface area contributed by atoms with Crippen LogP contribution in [-0.4, -0.2) is 26.6 Å². The minimum atomic E-state index is -1.27. The molecule has 3 heterocycles. The van der Waals surface area contributed by atoms with Gasteiger partial charge in [0.25, 0.3) is 0 Å². The largest absolute Gasteiger partial charge is 0.489 e. The number of rotatable bonds is 6. The van der Waals surface area contributed by atoms with E-state index >= 15 is 0 Å². The normalized spacial score (nSPS) is 11.2. The Bertz CT molecular complexity index is 1420. The third-order valence-electron chi connectivity index (χ3n) is 5.38. The zero-order valence-corrected chi connectivity index (χ0v) is 16.3. The second kappa shape index (κ2) is 7.18. The van der Waals surface area contributed by atoms with Crippen LogP contribution in [0, 0.1) is 0 Å². The standard InChI is InChI=1S/C25H17NO5/c27-24(28)21-20-8-4-7-17-13-19(23(26(17)20)22(21)25(29)30)16-9-11-18(12-10-16)31-14-15-5-2-1-3-6-15/h1-13H,14H2,(H,27,28)(H,29,30). The topological polar surface area (TPSA) is 88.2 Å². The lowest BCUT2D eigenvalue weighted by Crippen LogP contribution is -2.05. The summed E-state index contributed by atoms with van der Waals surface area (Å²) in [4.78, 5) is 23.9. The molecule has 0 saturated heterocycles. The molecule has 2 aromatic carbocycles. The lowest BCUT2D eigenvalue weighted by Gasteiger charge is -2.07. The zero-order valence-electron chi connectivity index (χ0n) is 16.3. The third-order valence-corrected chi connectivity index (χ3v) is 5.38. The first-order valence-corrected chi connectivity index (χ1v) is 9.68. The molecule has 152 valence electrons. The van der Waals surface area contributed by atoms with Gasteiger partial charge >= 0.3 is 11.9 Å². The van der Waals surface area contributed by atoms with Gasteiger partial charge in [-0.05, 0) is 41.5 Å². The van der Waals surface area contributed by atoms with Crippen LogP contribution < -0.4 is 4.74 Å². The van der Waals surface area contributed by atoms with Crippen molar-refractivity contribution in [2.24, 2.45) is 0 Å². The molecule has 0 fully saturated rings. The fourth-order valence-electron chi connectivity index (χ4n) is 4.03. The van der Waals surface area contributed by atoms with Crippen molar-refractivity contribution in [3.8, 4) is 16.9 Å². The predicted octanol–water partition coefficient (Wildman–Crippen LogP) is 5.17. The Hall–Kier alpha value is -4.32. The van der Waals surface area contributed by atoms with Gasteiger partial charge in [0.15, 0.2) is 0 Å². The lowest BCUT2D eigenvalue weighted by atomic mass is 10.0. The molecule has 0 radical (unpaired) electrons.